The largest absolute Gasteiger partial charge is 0.271 e. The minimum Gasteiger partial charge on any atom is -0.271 e. The molecule has 1 atom stereocenters. The third kappa shape index (κ3) is 3.66. The smallest absolute Gasteiger partial charge is 0.127 e. The molecule has 0 aliphatic heterocycles. The fourth-order valence-corrected chi connectivity index (χ4v) is 2.30. The first-order chi connectivity index (χ1) is 8.20. The van der Waals surface area contributed by atoms with E-state index in [1.54, 1.807) is 12.1 Å². The Morgan fingerprint density at radius 1 is 1.47 bits per heavy atom. The Labute approximate surface area is 106 Å². The van der Waals surface area contributed by atoms with E-state index in [1.165, 1.54) is 25.3 Å². The second-order valence-electron chi connectivity index (χ2n) is 4.79. The van der Waals surface area contributed by atoms with Gasteiger partial charge in [-0.1, -0.05) is 30.5 Å². The van der Waals surface area contributed by atoms with Gasteiger partial charge in [-0.25, -0.2) is 4.39 Å². The zero-order chi connectivity index (χ0) is 12.3. The summed E-state index contributed by atoms with van der Waals surface area (Å²) in [6.45, 7) is 0. The molecule has 1 aromatic rings. The van der Waals surface area contributed by atoms with Crippen LogP contribution in [0.3, 0.4) is 0 Å². The van der Waals surface area contributed by atoms with Crippen LogP contribution in [0.1, 0.15) is 31.2 Å². The molecule has 3 N–H and O–H groups in total. The van der Waals surface area contributed by atoms with Gasteiger partial charge in [0.05, 0.1) is 0 Å². The van der Waals surface area contributed by atoms with E-state index in [-0.39, 0.29) is 11.9 Å². The fraction of sp³-hybridized carbons (Fsp3) is 0.538. The Kier molecular flexibility index (Phi) is 4.37. The molecule has 17 heavy (non-hydrogen) atoms. The Bertz CT molecular complexity index is 359. The highest BCUT2D eigenvalue weighted by Crippen LogP contribution is 2.34. The Balaban J connectivity index is 1.96. The van der Waals surface area contributed by atoms with E-state index in [0.29, 0.717) is 17.0 Å². The minimum atomic E-state index is -0.246. The molecule has 0 amide bonds. The van der Waals surface area contributed by atoms with Crippen LogP contribution < -0.4 is 11.3 Å². The zero-order valence-electron chi connectivity index (χ0n) is 9.76. The molecule has 0 saturated heterocycles. The average molecular weight is 257 g/mol. The van der Waals surface area contributed by atoms with Crippen LogP contribution in [0, 0.1) is 11.7 Å². The summed E-state index contributed by atoms with van der Waals surface area (Å²) in [4.78, 5) is 0. The number of halogens is 2. The molecule has 1 aromatic carbocycles. The van der Waals surface area contributed by atoms with Crippen LogP contribution in [0.4, 0.5) is 4.39 Å². The van der Waals surface area contributed by atoms with Crippen molar-refractivity contribution in [3.63, 3.8) is 0 Å². The maximum atomic E-state index is 13.6. The lowest BCUT2D eigenvalue weighted by Gasteiger charge is -2.16. The lowest BCUT2D eigenvalue weighted by atomic mass is 10.0. The predicted octanol–water partition coefficient (Wildman–Crippen LogP) is 3.04. The van der Waals surface area contributed by atoms with Crippen molar-refractivity contribution >= 4 is 11.6 Å². The normalized spacial score (nSPS) is 17.1. The van der Waals surface area contributed by atoms with Crippen molar-refractivity contribution in [1.82, 2.24) is 5.43 Å². The third-order valence-electron chi connectivity index (χ3n) is 3.37. The maximum absolute atomic E-state index is 13.6. The van der Waals surface area contributed by atoms with Crippen LogP contribution in [0.25, 0.3) is 0 Å². The molecule has 1 aliphatic rings. The number of rotatable bonds is 6. The van der Waals surface area contributed by atoms with E-state index in [2.05, 4.69) is 5.43 Å². The van der Waals surface area contributed by atoms with E-state index >= 15 is 0 Å². The molecule has 0 heterocycles. The molecule has 0 radical (unpaired) electrons. The molecule has 0 bridgehead atoms. The summed E-state index contributed by atoms with van der Waals surface area (Å²) in [7, 11) is 0. The van der Waals surface area contributed by atoms with E-state index in [9.17, 15) is 4.39 Å². The number of hydrogen-bond acceptors (Lipinski definition) is 2. The van der Waals surface area contributed by atoms with Gasteiger partial charge in [0.25, 0.3) is 0 Å². The van der Waals surface area contributed by atoms with Crippen LogP contribution in [0.2, 0.25) is 5.02 Å². The summed E-state index contributed by atoms with van der Waals surface area (Å²) in [6.07, 6.45) is 5.36. The first-order valence-corrected chi connectivity index (χ1v) is 6.47. The van der Waals surface area contributed by atoms with E-state index in [1.807, 2.05) is 0 Å². The average Bonchev–Trinajstić information content (AvgIpc) is 3.12. The standard InChI is InChI=1S/C13H18ClFN2/c14-12-2-1-3-13(15)11(12)8-10(17-16)7-6-9-4-5-9/h1-3,9-10,17H,4-8,16H2. The topological polar surface area (TPSA) is 38.0 Å². The molecule has 1 fully saturated rings. The summed E-state index contributed by atoms with van der Waals surface area (Å²) in [5.74, 6) is 6.13. The minimum absolute atomic E-state index is 0.102. The lowest BCUT2D eigenvalue weighted by molar-refractivity contribution is 0.454. The molecular weight excluding hydrogens is 239 g/mol. The second kappa shape index (κ2) is 5.80. The van der Waals surface area contributed by atoms with Gasteiger partial charge < -0.3 is 0 Å². The van der Waals surface area contributed by atoms with Gasteiger partial charge in [0.15, 0.2) is 0 Å². The molecule has 1 aliphatic carbocycles. The molecule has 0 aromatic heterocycles. The number of hydrazine groups is 1. The molecule has 0 spiro atoms. The fourth-order valence-electron chi connectivity index (χ4n) is 2.06. The van der Waals surface area contributed by atoms with Crippen LogP contribution in [0.15, 0.2) is 18.2 Å². The van der Waals surface area contributed by atoms with Crippen molar-refractivity contribution in [2.75, 3.05) is 0 Å². The first-order valence-electron chi connectivity index (χ1n) is 6.09. The molecule has 1 saturated carbocycles. The highest BCUT2D eigenvalue weighted by Gasteiger charge is 2.23. The summed E-state index contributed by atoms with van der Waals surface area (Å²) in [6, 6.07) is 4.88. The Hall–Kier alpha value is -0.640. The highest BCUT2D eigenvalue weighted by atomic mass is 35.5. The molecule has 4 heteroatoms. The van der Waals surface area contributed by atoms with Crippen molar-refractivity contribution in [3.8, 4) is 0 Å². The number of benzene rings is 1. The lowest BCUT2D eigenvalue weighted by Crippen LogP contribution is -2.37. The van der Waals surface area contributed by atoms with Crippen molar-refractivity contribution in [2.45, 2.75) is 38.1 Å². The zero-order valence-corrected chi connectivity index (χ0v) is 10.5. The number of hydrogen-bond donors (Lipinski definition) is 2. The van der Waals surface area contributed by atoms with Crippen molar-refractivity contribution < 1.29 is 4.39 Å². The molecule has 94 valence electrons. The summed E-state index contributed by atoms with van der Waals surface area (Å²) < 4.78 is 13.6. The van der Waals surface area contributed by atoms with E-state index < -0.39 is 0 Å². The first kappa shape index (κ1) is 12.8. The summed E-state index contributed by atoms with van der Waals surface area (Å²) >= 11 is 6.00. The van der Waals surface area contributed by atoms with Gasteiger partial charge in [0.2, 0.25) is 0 Å². The maximum Gasteiger partial charge on any atom is 0.127 e. The van der Waals surface area contributed by atoms with Gasteiger partial charge in [-0.3, -0.25) is 11.3 Å². The SMILES string of the molecule is NNC(CCC1CC1)Cc1c(F)cccc1Cl. The van der Waals surface area contributed by atoms with Crippen molar-refractivity contribution in [2.24, 2.45) is 11.8 Å². The van der Waals surface area contributed by atoms with Gasteiger partial charge in [-0.2, -0.15) is 0 Å². The summed E-state index contributed by atoms with van der Waals surface area (Å²) in [5, 5.41) is 0.483. The molecule has 2 nitrogen and oxygen atoms in total. The summed E-state index contributed by atoms with van der Waals surface area (Å²) in [5.41, 5.74) is 3.33. The van der Waals surface area contributed by atoms with E-state index in [0.717, 1.165) is 12.3 Å². The van der Waals surface area contributed by atoms with Crippen LogP contribution in [0.5, 0.6) is 0 Å². The van der Waals surface area contributed by atoms with Gasteiger partial charge >= 0.3 is 0 Å². The van der Waals surface area contributed by atoms with E-state index in [4.69, 9.17) is 17.4 Å². The van der Waals surface area contributed by atoms with Crippen LogP contribution in [-0.2, 0) is 6.42 Å². The van der Waals surface area contributed by atoms with Gasteiger partial charge in [-0.15, -0.1) is 0 Å². The van der Waals surface area contributed by atoms with Crippen molar-refractivity contribution in [3.05, 3.63) is 34.6 Å². The molecular formula is C13H18ClFN2. The molecule has 2 rings (SSSR count). The highest BCUT2D eigenvalue weighted by molar-refractivity contribution is 6.31. The Morgan fingerprint density at radius 3 is 2.82 bits per heavy atom. The van der Waals surface area contributed by atoms with Crippen LogP contribution >= 0.6 is 11.6 Å². The third-order valence-corrected chi connectivity index (χ3v) is 3.72. The Morgan fingerprint density at radius 2 is 2.24 bits per heavy atom. The number of nitrogens with one attached hydrogen (secondary N) is 1. The number of nitrogens with two attached hydrogens (primary N) is 1. The predicted molar refractivity (Wildman–Crippen MR) is 68.2 cm³/mol. The second-order valence-corrected chi connectivity index (χ2v) is 5.20. The van der Waals surface area contributed by atoms with Gasteiger partial charge in [-0.05, 0) is 37.3 Å². The monoisotopic (exact) mass is 256 g/mol. The molecule has 1 unspecified atom stereocenters. The van der Waals surface area contributed by atoms with Gasteiger partial charge in [0.1, 0.15) is 5.82 Å². The van der Waals surface area contributed by atoms with Gasteiger partial charge in [0, 0.05) is 16.6 Å². The van der Waals surface area contributed by atoms with Crippen LogP contribution in [-0.4, -0.2) is 6.04 Å². The van der Waals surface area contributed by atoms with Crippen molar-refractivity contribution in [1.29, 1.82) is 0 Å². The quantitative estimate of drug-likeness (QED) is 0.607.